The van der Waals surface area contributed by atoms with Crippen LogP contribution in [-0.4, -0.2) is 37.0 Å². The largest absolute Gasteiger partial charge is 0.352 e. The number of carbonyl (C=O) groups is 1. The number of aryl methyl sites for hydroxylation is 1. The summed E-state index contributed by atoms with van der Waals surface area (Å²) in [6, 6.07) is 9.09. The number of likely N-dealkylation sites (tertiary alicyclic amines) is 1. The van der Waals surface area contributed by atoms with Crippen LogP contribution >= 0.6 is 0 Å². The molecule has 22 heavy (non-hydrogen) atoms. The summed E-state index contributed by atoms with van der Waals surface area (Å²) >= 11 is 0. The van der Waals surface area contributed by atoms with E-state index in [0.717, 1.165) is 25.9 Å². The van der Waals surface area contributed by atoms with E-state index in [4.69, 9.17) is 0 Å². The number of nitrogens with one attached hydrogen (secondary N) is 1. The molecule has 2 rings (SSSR count). The van der Waals surface area contributed by atoms with E-state index in [-0.39, 0.29) is 17.4 Å². The normalized spacial score (nSPS) is 23.3. The van der Waals surface area contributed by atoms with Crippen molar-refractivity contribution in [2.45, 2.75) is 46.6 Å². The van der Waals surface area contributed by atoms with E-state index in [1.54, 1.807) is 0 Å². The Labute approximate surface area is 135 Å². The second kappa shape index (κ2) is 6.82. The first-order valence-corrected chi connectivity index (χ1v) is 8.29. The summed E-state index contributed by atoms with van der Waals surface area (Å²) < 4.78 is 0. The van der Waals surface area contributed by atoms with Gasteiger partial charge in [-0.2, -0.15) is 0 Å². The summed E-state index contributed by atoms with van der Waals surface area (Å²) in [4.78, 5) is 14.6. The number of carbonyl (C=O) groups excluding carboxylic acids is 1. The lowest BCUT2D eigenvalue weighted by molar-refractivity contribution is -0.129. The molecular formula is C19H30N2O. The highest BCUT2D eigenvalue weighted by molar-refractivity contribution is 5.81. The third-order valence-corrected chi connectivity index (χ3v) is 4.38. The number of hydrogen-bond donors (Lipinski definition) is 1. The van der Waals surface area contributed by atoms with E-state index in [1.807, 2.05) is 20.8 Å². The highest BCUT2D eigenvalue weighted by atomic mass is 16.2. The molecule has 1 heterocycles. The molecule has 2 atom stereocenters. The molecule has 1 saturated heterocycles. The van der Waals surface area contributed by atoms with Gasteiger partial charge in [-0.1, -0.05) is 50.6 Å². The minimum atomic E-state index is -0.317. The topological polar surface area (TPSA) is 32.3 Å². The van der Waals surface area contributed by atoms with Crippen molar-refractivity contribution >= 4 is 5.91 Å². The zero-order valence-electron chi connectivity index (χ0n) is 14.6. The first kappa shape index (κ1) is 17.0. The minimum absolute atomic E-state index is 0.155. The third-order valence-electron chi connectivity index (χ3n) is 4.38. The molecule has 0 aliphatic carbocycles. The molecule has 1 fully saturated rings. The van der Waals surface area contributed by atoms with E-state index in [1.165, 1.54) is 11.1 Å². The molecule has 1 N–H and O–H groups in total. The van der Waals surface area contributed by atoms with Crippen LogP contribution in [0.1, 0.15) is 38.3 Å². The van der Waals surface area contributed by atoms with Crippen LogP contribution in [0.4, 0.5) is 0 Å². The van der Waals surface area contributed by atoms with Gasteiger partial charge in [0.2, 0.25) is 5.91 Å². The standard InChI is InChI=1S/C19H30N2O/c1-14-6-8-15(9-7-14)10-16-11-17(13-21(5)12-16)20-18(22)19(2,3)4/h6-9,16-17H,10-13H2,1-5H3,(H,20,22). The van der Waals surface area contributed by atoms with E-state index < -0.39 is 0 Å². The van der Waals surface area contributed by atoms with Gasteiger partial charge in [-0.15, -0.1) is 0 Å². The van der Waals surface area contributed by atoms with Gasteiger partial charge in [0.1, 0.15) is 0 Å². The Morgan fingerprint density at radius 2 is 1.86 bits per heavy atom. The van der Waals surface area contributed by atoms with Crippen molar-refractivity contribution in [3.05, 3.63) is 35.4 Å². The number of likely N-dealkylation sites (N-methyl/N-ethyl adjacent to an activating group) is 1. The van der Waals surface area contributed by atoms with Crippen molar-refractivity contribution in [1.82, 2.24) is 10.2 Å². The predicted octanol–water partition coefficient (Wildman–Crippen LogP) is 3.02. The van der Waals surface area contributed by atoms with Crippen LogP contribution in [0.2, 0.25) is 0 Å². The maximum atomic E-state index is 12.2. The number of nitrogens with zero attached hydrogens (tertiary/aromatic N) is 1. The average molecular weight is 302 g/mol. The zero-order chi connectivity index (χ0) is 16.3. The third kappa shape index (κ3) is 4.84. The quantitative estimate of drug-likeness (QED) is 0.931. The average Bonchev–Trinajstić information content (AvgIpc) is 2.39. The molecule has 0 aromatic heterocycles. The van der Waals surface area contributed by atoms with E-state index in [0.29, 0.717) is 5.92 Å². The fourth-order valence-corrected chi connectivity index (χ4v) is 3.15. The summed E-state index contributed by atoms with van der Waals surface area (Å²) in [5.41, 5.74) is 2.38. The Bertz CT molecular complexity index is 501. The Hall–Kier alpha value is -1.35. The number of hydrogen-bond acceptors (Lipinski definition) is 2. The predicted molar refractivity (Wildman–Crippen MR) is 91.9 cm³/mol. The Morgan fingerprint density at radius 3 is 2.45 bits per heavy atom. The molecule has 2 unspecified atom stereocenters. The van der Waals surface area contributed by atoms with Gasteiger partial charge in [-0.05, 0) is 38.3 Å². The van der Waals surface area contributed by atoms with Crippen molar-refractivity contribution in [1.29, 1.82) is 0 Å². The zero-order valence-corrected chi connectivity index (χ0v) is 14.6. The molecule has 1 aromatic rings. The lowest BCUT2D eigenvalue weighted by Crippen LogP contribution is -2.52. The number of piperidine rings is 1. The molecule has 0 spiro atoms. The first-order chi connectivity index (χ1) is 10.2. The molecule has 1 amide bonds. The van der Waals surface area contributed by atoms with E-state index in [9.17, 15) is 4.79 Å². The van der Waals surface area contributed by atoms with Crippen LogP contribution in [0.3, 0.4) is 0 Å². The van der Waals surface area contributed by atoms with E-state index >= 15 is 0 Å². The van der Waals surface area contributed by atoms with Gasteiger partial charge >= 0.3 is 0 Å². The number of benzene rings is 1. The molecule has 1 aromatic carbocycles. The molecule has 3 nitrogen and oxygen atoms in total. The van der Waals surface area contributed by atoms with Gasteiger partial charge in [0.15, 0.2) is 0 Å². The van der Waals surface area contributed by atoms with Gasteiger partial charge in [-0.3, -0.25) is 4.79 Å². The fourth-order valence-electron chi connectivity index (χ4n) is 3.15. The maximum absolute atomic E-state index is 12.2. The molecule has 1 aliphatic heterocycles. The second-order valence-electron chi connectivity index (χ2n) is 7.93. The molecule has 0 radical (unpaired) electrons. The summed E-state index contributed by atoms with van der Waals surface area (Å²) in [6.07, 6.45) is 2.16. The van der Waals surface area contributed by atoms with Gasteiger partial charge in [-0.25, -0.2) is 0 Å². The molecular weight excluding hydrogens is 272 g/mol. The first-order valence-electron chi connectivity index (χ1n) is 8.29. The van der Waals surface area contributed by atoms with E-state index in [2.05, 4.69) is 48.5 Å². The summed E-state index contributed by atoms with van der Waals surface area (Å²) in [6.45, 7) is 10.1. The number of rotatable bonds is 3. The lowest BCUT2D eigenvalue weighted by Gasteiger charge is -2.37. The van der Waals surface area contributed by atoms with Crippen molar-refractivity contribution in [3.8, 4) is 0 Å². The van der Waals surface area contributed by atoms with Crippen LogP contribution in [0, 0.1) is 18.3 Å². The minimum Gasteiger partial charge on any atom is -0.352 e. The van der Waals surface area contributed by atoms with Crippen molar-refractivity contribution in [2.24, 2.45) is 11.3 Å². The van der Waals surface area contributed by atoms with Crippen LogP contribution in [0.5, 0.6) is 0 Å². The fraction of sp³-hybridized carbons (Fsp3) is 0.632. The van der Waals surface area contributed by atoms with Crippen molar-refractivity contribution in [2.75, 3.05) is 20.1 Å². The Balaban J connectivity index is 1.96. The Morgan fingerprint density at radius 1 is 1.23 bits per heavy atom. The number of amides is 1. The van der Waals surface area contributed by atoms with Gasteiger partial charge in [0.25, 0.3) is 0 Å². The molecule has 0 bridgehead atoms. The van der Waals surface area contributed by atoms with Crippen LogP contribution in [0.15, 0.2) is 24.3 Å². The Kier molecular flexibility index (Phi) is 5.28. The van der Waals surface area contributed by atoms with Gasteiger partial charge in [0, 0.05) is 24.5 Å². The van der Waals surface area contributed by atoms with Crippen LogP contribution in [0.25, 0.3) is 0 Å². The highest BCUT2D eigenvalue weighted by Crippen LogP contribution is 2.22. The van der Waals surface area contributed by atoms with Crippen LogP contribution < -0.4 is 5.32 Å². The van der Waals surface area contributed by atoms with Gasteiger partial charge < -0.3 is 10.2 Å². The maximum Gasteiger partial charge on any atom is 0.225 e. The second-order valence-corrected chi connectivity index (χ2v) is 7.93. The van der Waals surface area contributed by atoms with Gasteiger partial charge in [0.05, 0.1) is 0 Å². The molecule has 3 heteroatoms. The SMILES string of the molecule is Cc1ccc(CC2CC(NC(=O)C(C)(C)C)CN(C)C2)cc1. The lowest BCUT2D eigenvalue weighted by atomic mass is 9.87. The summed E-state index contributed by atoms with van der Waals surface area (Å²) in [7, 11) is 2.15. The molecule has 122 valence electrons. The summed E-state index contributed by atoms with van der Waals surface area (Å²) in [5.74, 6) is 0.758. The van der Waals surface area contributed by atoms with Crippen molar-refractivity contribution in [3.63, 3.8) is 0 Å². The van der Waals surface area contributed by atoms with Crippen molar-refractivity contribution < 1.29 is 4.79 Å². The monoisotopic (exact) mass is 302 g/mol. The molecule has 0 saturated carbocycles. The summed E-state index contributed by atoms with van der Waals surface area (Å²) in [5, 5.41) is 3.23. The smallest absolute Gasteiger partial charge is 0.225 e. The highest BCUT2D eigenvalue weighted by Gasteiger charge is 2.29. The van der Waals surface area contributed by atoms with Crippen LogP contribution in [-0.2, 0) is 11.2 Å². The molecule has 1 aliphatic rings.